The van der Waals surface area contributed by atoms with Gasteiger partial charge in [0.2, 0.25) is 0 Å². The molecule has 3 aromatic rings. The van der Waals surface area contributed by atoms with Gasteiger partial charge in [-0.3, -0.25) is 4.79 Å². The highest BCUT2D eigenvalue weighted by Gasteiger charge is 2.26. The van der Waals surface area contributed by atoms with Gasteiger partial charge in [0.1, 0.15) is 5.82 Å². The Morgan fingerprint density at radius 1 is 1.13 bits per heavy atom. The summed E-state index contributed by atoms with van der Waals surface area (Å²) >= 11 is 0. The Bertz CT molecular complexity index is 1130. The average Bonchev–Trinajstić information content (AvgIpc) is 3.10. The molecule has 4 rings (SSSR count). The Kier molecular flexibility index (Phi) is 5.48. The van der Waals surface area contributed by atoms with E-state index in [0.717, 1.165) is 36.2 Å². The SMILES string of the molecule is Cc1ccccc1-n1c(CC2CCN(C(=O)c3ccc(F)c(F)c3)CC2)n[nH]c1=O. The predicted molar refractivity (Wildman–Crippen MR) is 108 cm³/mol. The van der Waals surface area contributed by atoms with Gasteiger partial charge in [0.15, 0.2) is 11.6 Å². The highest BCUT2D eigenvalue weighted by Crippen LogP contribution is 2.24. The zero-order valence-corrected chi connectivity index (χ0v) is 16.6. The number of rotatable bonds is 4. The van der Waals surface area contributed by atoms with E-state index >= 15 is 0 Å². The van der Waals surface area contributed by atoms with Crippen LogP contribution in [0, 0.1) is 24.5 Å². The molecule has 0 radical (unpaired) electrons. The van der Waals surface area contributed by atoms with E-state index in [4.69, 9.17) is 0 Å². The van der Waals surface area contributed by atoms with Crippen LogP contribution >= 0.6 is 0 Å². The van der Waals surface area contributed by atoms with Crippen LogP contribution in [0.1, 0.15) is 34.6 Å². The van der Waals surface area contributed by atoms with E-state index in [0.29, 0.717) is 25.3 Å². The van der Waals surface area contributed by atoms with Crippen LogP contribution in [0.15, 0.2) is 47.3 Å². The number of aryl methyl sites for hydroxylation is 1. The number of H-pyrrole nitrogens is 1. The maximum atomic E-state index is 13.4. The molecule has 0 spiro atoms. The van der Waals surface area contributed by atoms with Crippen LogP contribution in [-0.4, -0.2) is 38.7 Å². The number of piperidine rings is 1. The summed E-state index contributed by atoms with van der Waals surface area (Å²) in [5.41, 5.74) is 1.66. The number of benzene rings is 2. The molecule has 2 aromatic carbocycles. The molecule has 8 heteroatoms. The number of amides is 1. The summed E-state index contributed by atoms with van der Waals surface area (Å²) in [6, 6.07) is 10.8. The molecule has 1 amide bonds. The van der Waals surface area contributed by atoms with Gasteiger partial charge in [-0.15, -0.1) is 0 Å². The van der Waals surface area contributed by atoms with Gasteiger partial charge >= 0.3 is 5.69 Å². The average molecular weight is 412 g/mol. The smallest absolute Gasteiger partial charge is 0.339 e. The minimum absolute atomic E-state index is 0.146. The minimum Gasteiger partial charge on any atom is -0.339 e. The first-order valence-electron chi connectivity index (χ1n) is 9.90. The molecule has 1 aliphatic rings. The fourth-order valence-corrected chi connectivity index (χ4v) is 3.94. The molecule has 1 saturated heterocycles. The summed E-state index contributed by atoms with van der Waals surface area (Å²) in [4.78, 5) is 26.6. The second kappa shape index (κ2) is 8.22. The van der Waals surface area contributed by atoms with E-state index in [2.05, 4.69) is 10.2 Å². The van der Waals surface area contributed by atoms with Crippen molar-refractivity contribution >= 4 is 5.91 Å². The van der Waals surface area contributed by atoms with Gasteiger partial charge in [0, 0.05) is 25.1 Å². The van der Waals surface area contributed by atoms with Crippen molar-refractivity contribution in [3.63, 3.8) is 0 Å². The molecule has 1 aromatic heterocycles. The van der Waals surface area contributed by atoms with Crippen LogP contribution in [0.2, 0.25) is 0 Å². The van der Waals surface area contributed by atoms with Crippen molar-refractivity contribution in [1.82, 2.24) is 19.7 Å². The molecule has 0 bridgehead atoms. The van der Waals surface area contributed by atoms with Crippen molar-refractivity contribution in [2.75, 3.05) is 13.1 Å². The number of likely N-dealkylation sites (tertiary alicyclic amines) is 1. The fourth-order valence-electron chi connectivity index (χ4n) is 3.94. The van der Waals surface area contributed by atoms with E-state index in [1.54, 1.807) is 9.47 Å². The Balaban J connectivity index is 1.44. The number of carbonyl (C=O) groups excluding carboxylic acids is 1. The number of carbonyl (C=O) groups is 1. The molecule has 0 unspecified atom stereocenters. The maximum absolute atomic E-state index is 13.4. The van der Waals surface area contributed by atoms with Gasteiger partial charge in [-0.2, -0.15) is 5.10 Å². The number of hydrogen-bond donors (Lipinski definition) is 1. The molecule has 6 nitrogen and oxygen atoms in total. The fraction of sp³-hybridized carbons (Fsp3) is 0.318. The van der Waals surface area contributed by atoms with Crippen LogP contribution < -0.4 is 5.69 Å². The Morgan fingerprint density at radius 2 is 1.87 bits per heavy atom. The molecule has 30 heavy (non-hydrogen) atoms. The number of aromatic nitrogens is 3. The molecule has 1 N–H and O–H groups in total. The third kappa shape index (κ3) is 3.90. The predicted octanol–water partition coefficient (Wildman–Crippen LogP) is 3.24. The van der Waals surface area contributed by atoms with Crippen LogP contribution in [0.3, 0.4) is 0 Å². The summed E-state index contributed by atoms with van der Waals surface area (Å²) in [6.45, 7) is 2.98. The summed E-state index contributed by atoms with van der Waals surface area (Å²) in [5.74, 6) is -1.37. The zero-order valence-electron chi connectivity index (χ0n) is 16.6. The normalized spacial score (nSPS) is 14.8. The molecule has 156 valence electrons. The molecule has 1 aliphatic heterocycles. The van der Waals surface area contributed by atoms with Crippen molar-refractivity contribution < 1.29 is 13.6 Å². The second-order valence-corrected chi connectivity index (χ2v) is 7.64. The number of para-hydroxylation sites is 1. The molecule has 0 aliphatic carbocycles. The molecular formula is C22H22F2N4O2. The van der Waals surface area contributed by atoms with Crippen LogP contribution in [0.25, 0.3) is 5.69 Å². The first-order chi connectivity index (χ1) is 14.4. The van der Waals surface area contributed by atoms with Gasteiger partial charge in [0.05, 0.1) is 5.69 Å². The quantitative estimate of drug-likeness (QED) is 0.715. The summed E-state index contributed by atoms with van der Waals surface area (Å²) < 4.78 is 28.2. The number of hydrogen-bond acceptors (Lipinski definition) is 3. The van der Waals surface area contributed by atoms with Crippen molar-refractivity contribution in [3.05, 3.63) is 81.5 Å². The lowest BCUT2D eigenvalue weighted by Crippen LogP contribution is -2.39. The monoisotopic (exact) mass is 412 g/mol. The number of nitrogens with one attached hydrogen (secondary N) is 1. The topological polar surface area (TPSA) is 71.0 Å². The van der Waals surface area contributed by atoms with Gasteiger partial charge in [-0.25, -0.2) is 23.2 Å². The first-order valence-corrected chi connectivity index (χ1v) is 9.90. The Labute approximate surface area is 172 Å². The lowest BCUT2D eigenvalue weighted by molar-refractivity contribution is 0.0689. The van der Waals surface area contributed by atoms with Crippen LogP contribution in [0.5, 0.6) is 0 Å². The zero-order chi connectivity index (χ0) is 21.3. The lowest BCUT2D eigenvalue weighted by atomic mass is 9.92. The van der Waals surface area contributed by atoms with Gasteiger partial charge in [-0.1, -0.05) is 18.2 Å². The van der Waals surface area contributed by atoms with Crippen molar-refractivity contribution in [1.29, 1.82) is 0 Å². The third-order valence-corrected chi connectivity index (χ3v) is 5.64. The van der Waals surface area contributed by atoms with Crippen LogP contribution in [-0.2, 0) is 6.42 Å². The summed E-state index contributed by atoms with van der Waals surface area (Å²) in [7, 11) is 0. The molecule has 1 fully saturated rings. The molecular weight excluding hydrogens is 390 g/mol. The maximum Gasteiger partial charge on any atom is 0.347 e. The Hall–Kier alpha value is -3.29. The highest BCUT2D eigenvalue weighted by atomic mass is 19.2. The van der Waals surface area contributed by atoms with E-state index in [-0.39, 0.29) is 23.1 Å². The van der Waals surface area contributed by atoms with Gasteiger partial charge in [0.25, 0.3) is 5.91 Å². The van der Waals surface area contributed by atoms with Crippen LogP contribution in [0.4, 0.5) is 8.78 Å². The second-order valence-electron chi connectivity index (χ2n) is 7.64. The van der Waals surface area contributed by atoms with Crippen molar-refractivity contribution in [2.45, 2.75) is 26.2 Å². The molecule has 0 atom stereocenters. The summed E-state index contributed by atoms with van der Waals surface area (Å²) in [5, 5.41) is 6.75. The van der Waals surface area contributed by atoms with Crippen molar-refractivity contribution in [3.8, 4) is 5.69 Å². The molecule has 2 heterocycles. The minimum atomic E-state index is -1.02. The number of halogens is 2. The van der Waals surface area contributed by atoms with Gasteiger partial charge < -0.3 is 4.90 Å². The van der Waals surface area contributed by atoms with E-state index in [1.165, 1.54) is 6.07 Å². The summed E-state index contributed by atoms with van der Waals surface area (Å²) in [6.07, 6.45) is 2.09. The number of aromatic amines is 1. The van der Waals surface area contributed by atoms with E-state index in [9.17, 15) is 18.4 Å². The third-order valence-electron chi connectivity index (χ3n) is 5.64. The standard InChI is InChI=1S/C22H22F2N4O2/c1-14-4-2-3-5-19(14)28-20(25-26-22(28)30)12-15-8-10-27(11-9-15)21(29)16-6-7-17(23)18(24)13-16/h2-7,13,15H,8-12H2,1H3,(H,26,30). The Morgan fingerprint density at radius 3 is 2.57 bits per heavy atom. The first kappa shape index (κ1) is 20.0. The van der Waals surface area contributed by atoms with E-state index < -0.39 is 11.6 Å². The largest absolute Gasteiger partial charge is 0.347 e. The lowest BCUT2D eigenvalue weighted by Gasteiger charge is -2.32. The molecule has 0 saturated carbocycles. The number of nitrogens with zero attached hydrogens (tertiary/aromatic N) is 3. The van der Waals surface area contributed by atoms with E-state index in [1.807, 2.05) is 31.2 Å². The highest BCUT2D eigenvalue weighted by molar-refractivity contribution is 5.94. The van der Waals surface area contributed by atoms with Crippen molar-refractivity contribution in [2.24, 2.45) is 5.92 Å². The van der Waals surface area contributed by atoms with Gasteiger partial charge in [-0.05, 0) is 55.5 Å².